The number of rotatable bonds is 4. The van der Waals surface area contributed by atoms with Crippen molar-refractivity contribution in [2.24, 2.45) is 5.92 Å². The van der Waals surface area contributed by atoms with Crippen LogP contribution in [0.2, 0.25) is 0 Å². The average molecular weight is 471 g/mol. The highest BCUT2D eigenvalue weighted by Crippen LogP contribution is 2.27. The molecule has 4 rings (SSSR count). The van der Waals surface area contributed by atoms with Gasteiger partial charge in [0.25, 0.3) is 5.91 Å². The highest BCUT2D eigenvalue weighted by atomic mass is 79.9. The van der Waals surface area contributed by atoms with E-state index in [1.807, 2.05) is 47.4 Å². The third-order valence-electron chi connectivity index (χ3n) is 5.95. The zero-order chi connectivity index (χ0) is 20.9. The third kappa shape index (κ3) is 5.10. The quantitative estimate of drug-likeness (QED) is 0.669. The second kappa shape index (κ2) is 9.75. The summed E-state index contributed by atoms with van der Waals surface area (Å²) in [5.74, 6) is 0.124. The monoisotopic (exact) mass is 470 g/mol. The number of carbonyl (C=O) groups is 2. The Hall–Kier alpha value is -2.18. The van der Waals surface area contributed by atoms with E-state index >= 15 is 0 Å². The standard InChI is InChI=1S/C24H27BrN2O3/c25-20-11-9-17(10-12-20)22-16-27(13-14-30-22)24(29)19-7-4-8-21(15-19)26-23(28)18-5-2-1-3-6-18/h4,7-12,15,18,22H,1-3,5-6,13-14,16H2,(H,26,28). The van der Waals surface area contributed by atoms with Crippen molar-refractivity contribution in [1.82, 2.24) is 4.90 Å². The molecular weight excluding hydrogens is 444 g/mol. The maximum atomic E-state index is 13.1. The Balaban J connectivity index is 1.42. The van der Waals surface area contributed by atoms with Gasteiger partial charge < -0.3 is 15.0 Å². The first kappa shape index (κ1) is 21.1. The number of hydrogen-bond donors (Lipinski definition) is 1. The largest absolute Gasteiger partial charge is 0.370 e. The zero-order valence-corrected chi connectivity index (χ0v) is 18.6. The molecule has 1 aliphatic carbocycles. The number of anilines is 1. The van der Waals surface area contributed by atoms with Crippen molar-refractivity contribution in [3.63, 3.8) is 0 Å². The maximum Gasteiger partial charge on any atom is 0.254 e. The van der Waals surface area contributed by atoms with Crippen molar-refractivity contribution in [2.75, 3.05) is 25.0 Å². The first-order valence-corrected chi connectivity index (χ1v) is 11.5. The van der Waals surface area contributed by atoms with E-state index < -0.39 is 0 Å². The molecule has 2 aromatic rings. The molecule has 158 valence electrons. The molecular formula is C24H27BrN2O3. The average Bonchev–Trinajstić information content (AvgIpc) is 2.80. The van der Waals surface area contributed by atoms with Crippen LogP contribution in [0.3, 0.4) is 0 Å². The number of hydrogen-bond acceptors (Lipinski definition) is 3. The van der Waals surface area contributed by atoms with E-state index in [1.165, 1.54) is 6.42 Å². The van der Waals surface area contributed by atoms with Crippen LogP contribution in [0.5, 0.6) is 0 Å². The molecule has 1 heterocycles. The topological polar surface area (TPSA) is 58.6 Å². The van der Waals surface area contributed by atoms with Gasteiger partial charge >= 0.3 is 0 Å². The van der Waals surface area contributed by atoms with Crippen molar-refractivity contribution in [3.8, 4) is 0 Å². The van der Waals surface area contributed by atoms with E-state index in [0.29, 0.717) is 30.9 Å². The molecule has 1 aliphatic heterocycles. The molecule has 2 aromatic carbocycles. The lowest BCUT2D eigenvalue weighted by molar-refractivity contribution is -0.120. The molecule has 2 aliphatic rings. The Bertz CT molecular complexity index is 894. The fourth-order valence-electron chi connectivity index (χ4n) is 4.23. The Labute approximate surface area is 185 Å². The minimum atomic E-state index is -0.134. The van der Waals surface area contributed by atoms with Gasteiger partial charge in [0, 0.05) is 28.2 Å². The summed E-state index contributed by atoms with van der Waals surface area (Å²) >= 11 is 3.45. The van der Waals surface area contributed by atoms with E-state index in [1.54, 1.807) is 6.07 Å². The zero-order valence-electron chi connectivity index (χ0n) is 17.0. The van der Waals surface area contributed by atoms with E-state index in [2.05, 4.69) is 21.2 Å². The number of morpholine rings is 1. The van der Waals surface area contributed by atoms with Gasteiger partial charge in [-0.3, -0.25) is 9.59 Å². The van der Waals surface area contributed by atoms with Crippen LogP contribution in [0, 0.1) is 5.92 Å². The van der Waals surface area contributed by atoms with Gasteiger partial charge in [-0.15, -0.1) is 0 Å². The molecule has 0 aromatic heterocycles. The summed E-state index contributed by atoms with van der Waals surface area (Å²) < 4.78 is 6.91. The highest BCUT2D eigenvalue weighted by molar-refractivity contribution is 9.10. The molecule has 0 radical (unpaired) electrons. The number of nitrogens with one attached hydrogen (secondary N) is 1. The number of carbonyl (C=O) groups excluding carboxylic acids is 2. The lowest BCUT2D eigenvalue weighted by Gasteiger charge is -2.33. The van der Waals surface area contributed by atoms with Crippen LogP contribution in [0.25, 0.3) is 0 Å². The molecule has 2 fully saturated rings. The van der Waals surface area contributed by atoms with Crippen molar-refractivity contribution < 1.29 is 14.3 Å². The van der Waals surface area contributed by atoms with Crippen LogP contribution in [0.4, 0.5) is 5.69 Å². The summed E-state index contributed by atoms with van der Waals surface area (Å²) in [6, 6.07) is 15.3. The van der Waals surface area contributed by atoms with Gasteiger partial charge in [0.1, 0.15) is 6.10 Å². The minimum absolute atomic E-state index is 0.0332. The van der Waals surface area contributed by atoms with Crippen LogP contribution in [-0.4, -0.2) is 36.4 Å². The molecule has 6 heteroatoms. The Kier molecular flexibility index (Phi) is 6.85. The predicted molar refractivity (Wildman–Crippen MR) is 120 cm³/mol. The van der Waals surface area contributed by atoms with Crippen LogP contribution < -0.4 is 5.32 Å². The normalized spacial score (nSPS) is 20.0. The van der Waals surface area contributed by atoms with Crippen molar-refractivity contribution in [1.29, 1.82) is 0 Å². The van der Waals surface area contributed by atoms with E-state index in [4.69, 9.17) is 4.74 Å². The molecule has 0 spiro atoms. The van der Waals surface area contributed by atoms with Crippen molar-refractivity contribution >= 4 is 33.4 Å². The number of ether oxygens (including phenoxy) is 1. The number of benzene rings is 2. The fourth-order valence-corrected chi connectivity index (χ4v) is 4.50. The Morgan fingerprint density at radius 3 is 2.57 bits per heavy atom. The molecule has 1 N–H and O–H groups in total. The molecule has 0 bridgehead atoms. The summed E-state index contributed by atoms with van der Waals surface area (Å²) in [5.41, 5.74) is 2.34. The molecule has 1 atom stereocenters. The fraction of sp³-hybridized carbons (Fsp3) is 0.417. The van der Waals surface area contributed by atoms with Crippen molar-refractivity contribution in [2.45, 2.75) is 38.2 Å². The lowest BCUT2D eigenvalue weighted by Crippen LogP contribution is -2.42. The summed E-state index contributed by atoms with van der Waals surface area (Å²) in [7, 11) is 0. The molecule has 2 amide bonds. The van der Waals surface area contributed by atoms with Crippen LogP contribution in [0.1, 0.15) is 54.1 Å². The first-order chi connectivity index (χ1) is 14.6. The summed E-state index contributed by atoms with van der Waals surface area (Å²) in [6.07, 6.45) is 5.23. The van der Waals surface area contributed by atoms with E-state index in [-0.39, 0.29) is 23.8 Å². The highest BCUT2D eigenvalue weighted by Gasteiger charge is 2.27. The molecule has 5 nitrogen and oxygen atoms in total. The number of nitrogens with zero attached hydrogens (tertiary/aromatic N) is 1. The number of amides is 2. The van der Waals surface area contributed by atoms with Crippen LogP contribution in [-0.2, 0) is 9.53 Å². The Morgan fingerprint density at radius 1 is 1.03 bits per heavy atom. The summed E-state index contributed by atoms with van der Waals surface area (Å²) in [4.78, 5) is 27.5. The number of halogens is 1. The third-order valence-corrected chi connectivity index (χ3v) is 6.48. The predicted octanol–water partition coefficient (Wildman–Crippen LogP) is 5.18. The van der Waals surface area contributed by atoms with Crippen LogP contribution >= 0.6 is 15.9 Å². The first-order valence-electron chi connectivity index (χ1n) is 10.7. The van der Waals surface area contributed by atoms with Crippen LogP contribution in [0.15, 0.2) is 53.0 Å². The van der Waals surface area contributed by atoms with E-state index in [0.717, 1.165) is 35.7 Å². The van der Waals surface area contributed by atoms with Gasteiger partial charge in [-0.2, -0.15) is 0 Å². The molecule has 1 saturated carbocycles. The minimum Gasteiger partial charge on any atom is -0.370 e. The smallest absolute Gasteiger partial charge is 0.254 e. The van der Waals surface area contributed by atoms with Gasteiger partial charge in [0.2, 0.25) is 5.91 Å². The SMILES string of the molecule is O=C(Nc1cccc(C(=O)N2CCOC(c3ccc(Br)cc3)C2)c1)C1CCCCC1. The molecule has 1 unspecified atom stereocenters. The second-order valence-corrected chi connectivity index (χ2v) is 8.98. The Morgan fingerprint density at radius 2 is 1.80 bits per heavy atom. The summed E-state index contributed by atoms with van der Waals surface area (Å²) in [5, 5.41) is 3.01. The van der Waals surface area contributed by atoms with Gasteiger partial charge in [-0.25, -0.2) is 0 Å². The van der Waals surface area contributed by atoms with Crippen molar-refractivity contribution in [3.05, 3.63) is 64.1 Å². The van der Waals surface area contributed by atoms with Gasteiger partial charge in [-0.1, -0.05) is 53.4 Å². The molecule has 1 saturated heterocycles. The maximum absolute atomic E-state index is 13.1. The molecule has 30 heavy (non-hydrogen) atoms. The second-order valence-electron chi connectivity index (χ2n) is 8.07. The summed E-state index contributed by atoms with van der Waals surface area (Å²) in [6.45, 7) is 1.58. The van der Waals surface area contributed by atoms with Gasteiger partial charge in [-0.05, 0) is 48.7 Å². The van der Waals surface area contributed by atoms with Gasteiger partial charge in [0.15, 0.2) is 0 Å². The lowest BCUT2D eigenvalue weighted by atomic mass is 9.88. The van der Waals surface area contributed by atoms with Gasteiger partial charge in [0.05, 0.1) is 13.2 Å². The van der Waals surface area contributed by atoms with E-state index in [9.17, 15) is 9.59 Å².